The van der Waals surface area contributed by atoms with Crippen LogP contribution in [-0.4, -0.2) is 29.3 Å². The number of aromatic nitrogens is 1. The Morgan fingerprint density at radius 1 is 1.30 bits per heavy atom. The fraction of sp³-hybridized carbons (Fsp3) is 0.286. The Labute approximate surface area is 119 Å². The third kappa shape index (κ3) is 2.34. The van der Waals surface area contributed by atoms with E-state index < -0.39 is 5.97 Å². The monoisotopic (exact) mass is 291 g/mol. The van der Waals surface area contributed by atoms with Gasteiger partial charge in [-0.2, -0.15) is 0 Å². The lowest BCUT2D eigenvalue weighted by Crippen LogP contribution is -1.97. The normalized spacial score (nSPS) is 13.8. The van der Waals surface area contributed by atoms with Gasteiger partial charge in [0.15, 0.2) is 11.5 Å². The van der Waals surface area contributed by atoms with Crippen molar-refractivity contribution in [3.05, 3.63) is 28.8 Å². The van der Waals surface area contributed by atoms with Crippen LogP contribution in [0.15, 0.2) is 18.2 Å². The minimum atomic E-state index is -0.944. The summed E-state index contributed by atoms with van der Waals surface area (Å²) in [5.74, 6) is 0.461. The summed E-state index contributed by atoms with van der Waals surface area (Å²) >= 11 is 1.17. The predicted molar refractivity (Wildman–Crippen MR) is 74.9 cm³/mol. The molecule has 0 fully saturated rings. The molecule has 104 valence electrons. The first-order valence-electron chi connectivity index (χ1n) is 6.26. The van der Waals surface area contributed by atoms with Crippen LogP contribution in [0.1, 0.15) is 21.8 Å². The summed E-state index contributed by atoms with van der Waals surface area (Å²) < 4.78 is 11.2. The molecule has 1 aliphatic rings. The van der Waals surface area contributed by atoms with Crippen molar-refractivity contribution in [3.63, 3.8) is 0 Å². The lowest BCUT2D eigenvalue weighted by Gasteiger charge is -2.07. The molecule has 20 heavy (non-hydrogen) atoms. The first-order chi connectivity index (χ1) is 9.65. The smallest absolute Gasteiger partial charge is 0.347 e. The Bertz CT molecular complexity index is 665. The number of carboxylic acid groups (broad SMARTS) is 1. The fourth-order valence-electron chi connectivity index (χ4n) is 2.01. The van der Waals surface area contributed by atoms with Gasteiger partial charge < -0.3 is 14.6 Å². The van der Waals surface area contributed by atoms with Crippen molar-refractivity contribution >= 4 is 17.3 Å². The van der Waals surface area contributed by atoms with Crippen molar-refractivity contribution in [1.82, 2.24) is 4.98 Å². The van der Waals surface area contributed by atoms with E-state index >= 15 is 0 Å². The highest BCUT2D eigenvalue weighted by molar-refractivity contribution is 7.17. The highest BCUT2D eigenvalue weighted by Gasteiger charge is 2.17. The van der Waals surface area contributed by atoms with Crippen molar-refractivity contribution in [3.8, 4) is 22.1 Å². The molecule has 1 N–H and O–H groups in total. The van der Waals surface area contributed by atoms with Crippen molar-refractivity contribution in [2.45, 2.75) is 13.3 Å². The predicted octanol–water partition coefficient (Wildman–Crippen LogP) is 2.98. The summed E-state index contributed by atoms with van der Waals surface area (Å²) in [6.07, 6.45) is 0.851. The number of fused-ring (bicyclic) bond motifs is 1. The third-order valence-corrected chi connectivity index (χ3v) is 4.18. The van der Waals surface area contributed by atoms with Gasteiger partial charge in [-0.25, -0.2) is 9.78 Å². The summed E-state index contributed by atoms with van der Waals surface area (Å²) in [5, 5.41) is 9.76. The maximum Gasteiger partial charge on any atom is 0.347 e. The van der Waals surface area contributed by atoms with Crippen molar-refractivity contribution in [2.24, 2.45) is 0 Å². The first-order valence-corrected chi connectivity index (χ1v) is 7.07. The van der Waals surface area contributed by atoms with Gasteiger partial charge in [0, 0.05) is 12.0 Å². The number of thiazole rings is 1. The van der Waals surface area contributed by atoms with Gasteiger partial charge in [-0.3, -0.25) is 0 Å². The molecule has 0 spiro atoms. The van der Waals surface area contributed by atoms with Crippen LogP contribution in [0.4, 0.5) is 0 Å². The van der Waals surface area contributed by atoms with Gasteiger partial charge >= 0.3 is 5.97 Å². The fourth-order valence-corrected chi connectivity index (χ4v) is 2.92. The number of aryl methyl sites for hydroxylation is 1. The largest absolute Gasteiger partial charge is 0.490 e. The van der Waals surface area contributed by atoms with E-state index in [-0.39, 0.29) is 4.88 Å². The number of carbonyl (C=O) groups is 1. The minimum absolute atomic E-state index is 0.270. The molecule has 0 unspecified atom stereocenters. The van der Waals surface area contributed by atoms with Gasteiger partial charge in [-0.05, 0) is 25.1 Å². The standard InChI is InChI=1S/C14H13NO4S/c1-8-12(14(16)17)20-13(15-8)9-3-4-10-11(7-9)19-6-2-5-18-10/h3-4,7H,2,5-6H2,1H3,(H,16,17). The molecule has 2 heterocycles. The maximum absolute atomic E-state index is 11.1. The van der Waals surface area contributed by atoms with E-state index in [1.807, 2.05) is 18.2 Å². The molecule has 1 aromatic carbocycles. The van der Waals surface area contributed by atoms with Crippen LogP contribution < -0.4 is 9.47 Å². The zero-order valence-corrected chi connectivity index (χ0v) is 11.7. The molecule has 2 aromatic rings. The molecule has 0 aliphatic carbocycles. The van der Waals surface area contributed by atoms with E-state index in [1.54, 1.807) is 6.92 Å². The average Bonchev–Trinajstić information content (AvgIpc) is 2.68. The quantitative estimate of drug-likeness (QED) is 0.921. The topological polar surface area (TPSA) is 68.7 Å². The average molecular weight is 291 g/mol. The highest BCUT2D eigenvalue weighted by Crippen LogP contribution is 2.36. The van der Waals surface area contributed by atoms with Gasteiger partial charge in [-0.1, -0.05) is 0 Å². The number of hydrogen-bond donors (Lipinski definition) is 1. The summed E-state index contributed by atoms with van der Waals surface area (Å²) in [7, 11) is 0. The molecule has 1 aromatic heterocycles. The number of rotatable bonds is 2. The molecule has 0 radical (unpaired) electrons. The number of hydrogen-bond acceptors (Lipinski definition) is 5. The van der Waals surface area contributed by atoms with Crippen LogP contribution in [0.5, 0.6) is 11.5 Å². The van der Waals surface area contributed by atoms with E-state index in [0.29, 0.717) is 29.7 Å². The molecule has 3 rings (SSSR count). The highest BCUT2D eigenvalue weighted by atomic mass is 32.1. The van der Waals surface area contributed by atoms with Crippen molar-refractivity contribution in [2.75, 3.05) is 13.2 Å². The summed E-state index contributed by atoms with van der Waals surface area (Å²) in [4.78, 5) is 15.7. The van der Waals surface area contributed by atoms with Crippen molar-refractivity contribution in [1.29, 1.82) is 0 Å². The van der Waals surface area contributed by atoms with E-state index in [0.717, 1.165) is 17.7 Å². The first kappa shape index (κ1) is 12.9. The number of ether oxygens (including phenoxy) is 2. The molecule has 0 saturated carbocycles. The second-order valence-electron chi connectivity index (χ2n) is 4.45. The number of carboxylic acids is 1. The Balaban J connectivity index is 2.00. The van der Waals surface area contributed by atoms with Crippen LogP contribution in [0.25, 0.3) is 10.6 Å². The van der Waals surface area contributed by atoms with E-state index in [4.69, 9.17) is 14.6 Å². The van der Waals surface area contributed by atoms with Crippen molar-refractivity contribution < 1.29 is 19.4 Å². The minimum Gasteiger partial charge on any atom is -0.490 e. The second kappa shape index (κ2) is 5.13. The Morgan fingerprint density at radius 2 is 2.05 bits per heavy atom. The van der Waals surface area contributed by atoms with E-state index in [1.165, 1.54) is 11.3 Å². The molecule has 0 amide bonds. The Morgan fingerprint density at radius 3 is 2.75 bits per heavy atom. The lowest BCUT2D eigenvalue weighted by atomic mass is 10.2. The van der Waals surface area contributed by atoms with Gasteiger partial charge in [0.25, 0.3) is 0 Å². The maximum atomic E-state index is 11.1. The van der Waals surface area contributed by atoms with E-state index in [2.05, 4.69) is 4.98 Å². The summed E-state index contributed by atoms with van der Waals surface area (Å²) in [5.41, 5.74) is 1.37. The van der Waals surface area contributed by atoms with Gasteiger partial charge in [-0.15, -0.1) is 11.3 Å². The number of aromatic carboxylic acids is 1. The number of benzene rings is 1. The molecule has 5 nitrogen and oxygen atoms in total. The summed E-state index contributed by atoms with van der Waals surface area (Å²) in [6, 6.07) is 5.56. The molecule has 0 atom stereocenters. The van der Waals surface area contributed by atoms with Crippen LogP contribution in [-0.2, 0) is 0 Å². The van der Waals surface area contributed by atoms with Gasteiger partial charge in [0.1, 0.15) is 9.88 Å². The van der Waals surface area contributed by atoms with Gasteiger partial charge in [0.2, 0.25) is 0 Å². The van der Waals surface area contributed by atoms with Crippen LogP contribution >= 0.6 is 11.3 Å². The zero-order chi connectivity index (χ0) is 14.1. The second-order valence-corrected chi connectivity index (χ2v) is 5.45. The number of nitrogens with zero attached hydrogens (tertiary/aromatic N) is 1. The summed E-state index contributed by atoms with van der Waals surface area (Å²) in [6.45, 7) is 2.96. The van der Waals surface area contributed by atoms with Crippen LogP contribution in [0.2, 0.25) is 0 Å². The molecular weight excluding hydrogens is 278 g/mol. The zero-order valence-electron chi connectivity index (χ0n) is 10.9. The third-order valence-electron chi connectivity index (χ3n) is 2.99. The molecule has 0 bridgehead atoms. The van der Waals surface area contributed by atoms with Crippen LogP contribution in [0, 0.1) is 6.92 Å². The molecule has 0 saturated heterocycles. The molecular formula is C14H13NO4S. The molecule has 1 aliphatic heterocycles. The Kier molecular flexibility index (Phi) is 3.31. The van der Waals surface area contributed by atoms with Gasteiger partial charge in [0.05, 0.1) is 18.9 Å². The molecule has 6 heteroatoms. The SMILES string of the molecule is Cc1nc(-c2ccc3c(c2)OCCCO3)sc1C(=O)O. The van der Waals surface area contributed by atoms with Crippen LogP contribution in [0.3, 0.4) is 0 Å². The Hall–Kier alpha value is -2.08. The van der Waals surface area contributed by atoms with E-state index in [9.17, 15) is 4.79 Å². The lowest BCUT2D eigenvalue weighted by molar-refractivity contribution is 0.0701.